The first-order valence-electron chi connectivity index (χ1n) is 19.2. The standard InChI is InChI=1S/C54H35NO/c1-3-24-46-36(13-1)15-10-27-48(46)39-18-8-22-44(33-39)55(45-23-9-19-40(34-45)49-28-11-16-37-14-2-4-25-47(37)49)43-21-7-17-38(32-43)42-31-41-20-12-30-53-54(41)51(35-42)50-26-5-6-29-52(50)56-53/h1-35H. The molecule has 0 aliphatic carbocycles. The Morgan fingerprint density at radius 2 is 0.750 bits per heavy atom. The van der Waals surface area contributed by atoms with E-state index in [9.17, 15) is 0 Å². The molecule has 56 heavy (non-hydrogen) atoms. The molecule has 11 rings (SSSR count). The van der Waals surface area contributed by atoms with E-state index in [0.29, 0.717) is 0 Å². The van der Waals surface area contributed by atoms with Crippen molar-refractivity contribution in [1.82, 2.24) is 0 Å². The van der Waals surface area contributed by atoms with Crippen LogP contribution in [0.25, 0.3) is 76.8 Å². The van der Waals surface area contributed by atoms with Crippen molar-refractivity contribution < 1.29 is 4.74 Å². The van der Waals surface area contributed by atoms with Crippen LogP contribution in [0.4, 0.5) is 17.1 Å². The largest absolute Gasteiger partial charge is 0.456 e. The van der Waals surface area contributed by atoms with Crippen LogP contribution < -0.4 is 9.64 Å². The molecule has 2 nitrogen and oxygen atoms in total. The molecule has 0 spiro atoms. The molecule has 10 aromatic carbocycles. The number of hydrogen-bond acceptors (Lipinski definition) is 2. The topological polar surface area (TPSA) is 12.5 Å². The Bertz CT molecular complexity index is 3010. The molecule has 0 fully saturated rings. The van der Waals surface area contributed by atoms with Gasteiger partial charge < -0.3 is 9.64 Å². The molecule has 0 radical (unpaired) electrons. The summed E-state index contributed by atoms with van der Waals surface area (Å²) in [6.45, 7) is 0. The van der Waals surface area contributed by atoms with Crippen molar-refractivity contribution in [3.8, 4) is 56.0 Å². The van der Waals surface area contributed by atoms with Gasteiger partial charge in [0.05, 0.1) is 0 Å². The van der Waals surface area contributed by atoms with Crippen LogP contribution in [0, 0.1) is 0 Å². The van der Waals surface area contributed by atoms with Crippen LogP contribution in [-0.2, 0) is 0 Å². The normalized spacial score (nSPS) is 11.7. The van der Waals surface area contributed by atoms with Crippen LogP contribution >= 0.6 is 0 Å². The zero-order chi connectivity index (χ0) is 37.0. The highest BCUT2D eigenvalue weighted by molar-refractivity contribution is 6.07. The van der Waals surface area contributed by atoms with E-state index in [2.05, 4.69) is 211 Å². The van der Waals surface area contributed by atoms with Crippen LogP contribution in [0.2, 0.25) is 0 Å². The fourth-order valence-electron chi connectivity index (χ4n) is 8.61. The molecule has 0 amide bonds. The highest BCUT2D eigenvalue weighted by atomic mass is 16.5. The van der Waals surface area contributed by atoms with Gasteiger partial charge in [-0.3, -0.25) is 0 Å². The molecule has 0 atom stereocenters. The lowest BCUT2D eigenvalue weighted by Gasteiger charge is -2.27. The molecule has 262 valence electrons. The number of para-hydroxylation sites is 1. The minimum atomic E-state index is 0.890. The Morgan fingerprint density at radius 3 is 1.41 bits per heavy atom. The predicted octanol–water partition coefficient (Wildman–Crippen LogP) is 15.4. The predicted molar refractivity (Wildman–Crippen MR) is 235 cm³/mol. The molecule has 0 N–H and O–H groups in total. The smallest absolute Gasteiger partial charge is 0.135 e. The molecule has 10 aromatic rings. The van der Waals surface area contributed by atoms with Crippen molar-refractivity contribution in [2.24, 2.45) is 0 Å². The van der Waals surface area contributed by atoms with Crippen molar-refractivity contribution >= 4 is 49.4 Å². The van der Waals surface area contributed by atoms with Crippen LogP contribution in [0.5, 0.6) is 11.5 Å². The molecule has 0 saturated heterocycles. The van der Waals surface area contributed by atoms with E-state index in [4.69, 9.17) is 4.74 Å². The van der Waals surface area contributed by atoms with E-state index in [0.717, 1.165) is 56.0 Å². The van der Waals surface area contributed by atoms with Gasteiger partial charge in [0.25, 0.3) is 0 Å². The monoisotopic (exact) mass is 713 g/mol. The van der Waals surface area contributed by atoms with Crippen molar-refractivity contribution in [2.45, 2.75) is 0 Å². The summed E-state index contributed by atoms with van der Waals surface area (Å²) in [6.07, 6.45) is 0. The Hall–Kier alpha value is -7.42. The lowest BCUT2D eigenvalue weighted by Crippen LogP contribution is -2.10. The summed E-state index contributed by atoms with van der Waals surface area (Å²) in [6, 6.07) is 76.6. The summed E-state index contributed by atoms with van der Waals surface area (Å²) >= 11 is 0. The maximum atomic E-state index is 6.37. The fraction of sp³-hybridized carbons (Fsp3) is 0. The third-order valence-electron chi connectivity index (χ3n) is 11.2. The van der Waals surface area contributed by atoms with Gasteiger partial charge in [0.1, 0.15) is 11.5 Å². The number of benzene rings is 10. The van der Waals surface area contributed by atoms with Gasteiger partial charge in [-0.15, -0.1) is 0 Å². The van der Waals surface area contributed by atoms with Crippen molar-refractivity contribution in [3.05, 3.63) is 212 Å². The third kappa shape index (κ3) is 5.42. The summed E-state index contributed by atoms with van der Waals surface area (Å²) in [7, 11) is 0. The number of anilines is 3. The Balaban J connectivity index is 1.10. The molecule has 0 bridgehead atoms. The number of fused-ring (bicyclic) bond motifs is 4. The summed E-state index contributed by atoms with van der Waals surface area (Å²) in [5.74, 6) is 1.79. The van der Waals surface area contributed by atoms with Crippen molar-refractivity contribution in [2.75, 3.05) is 4.90 Å². The fourth-order valence-corrected chi connectivity index (χ4v) is 8.61. The van der Waals surface area contributed by atoms with Crippen LogP contribution in [0.1, 0.15) is 0 Å². The molecule has 0 saturated carbocycles. The molecule has 0 unspecified atom stereocenters. The van der Waals surface area contributed by atoms with E-state index >= 15 is 0 Å². The zero-order valence-electron chi connectivity index (χ0n) is 30.6. The first kappa shape index (κ1) is 32.0. The van der Waals surface area contributed by atoms with Crippen molar-refractivity contribution in [1.29, 1.82) is 0 Å². The van der Waals surface area contributed by atoms with E-state index in [1.54, 1.807) is 0 Å². The van der Waals surface area contributed by atoms with Gasteiger partial charge in [-0.05, 0) is 127 Å². The van der Waals surface area contributed by atoms with E-state index < -0.39 is 0 Å². The van der Waals surface area contributed by atoms with Gasteiger partial charge in [0.2, 0.25) is 0 Å². The second-order valence-corrected chi connectivity index (χ2v) is 14.5. The average molecular weight is 714 g/mol. The molecular formula is C54H35NO. The Morgan fingerprint density at radius 1 is 0.286 bits per heavy atom. The minimum Gasteiger partial charge on any atom is -0.456 e. The van der Waals surface area contributed by atoms with Crippen LogP contribution in [0.15, 0.2) is 212 Å². The lowest BCUT2D eigenvalue weighted by atomic mass is 9.90. The highest BCUT2D eigenvalue weighted by Gasteiger charge is 2.22. The second-order valence-electron chi connectivity index (χ2n) is 14.5. The zero-order valence-corrected chi connectivity index (χ0v) is 30.6. The van der Waals surface area contributed by atoms with Gasteiger partial charge in [-0.25, -0.2) is 0 Å². The van der Waals surface area contributed by atoms with Crippen LogP contribution in [-0.4, -0.2) is 0 Å². The second kappa shape index (κ2) is 13.2. The van der Waals surface area contributed by atoms with Gasteiger partial charge in [0.15, 0.2) is 0 Å². The van der Waals surface area contributed by atoms with E-state index in [1.807, 2.05) is 6.07 Å². The molecule has 1 aliphatic rings. The number of nitrogens with zero attached hydrogens (tertiary/aromatic N) is 1. The van der Waals surface area contributed by atoms with Crippen molar-refractivity contribution in [3.63, 3.8) is 0 Å². The molecule has 1 aliphatic heterocycles. The van der Waals surface area contributed by atoms with E-state index in [1.165, 1.54) is 49.4 Å². The Labute approximate surface area is 326 Å². The quantitative estimate of drug-likeness (QED) is 0.170. The minimum absolute atomic E-state index is 0.890. The summed E-state index contributed by atoms with van der Waals surface area (Å²) in [5, 5.41) is 7.28. The SMILES string of the molecule is c1cc(-c2cc3c4c(cccc4c2)Oc2ccccc2-3)cc(N(c2cccc(-c3cccc4ccccc34)c2)c2cccc(-c3cccc4ccccc34)c2)c1. The molecular weight excluding hydrogens is 679 g/mol. The van der Waals surface area contributed by atoms with E-state index in [-0.39, 0.29) is 0 Å². The summed E-state index contributed by atoms with van der Waals surface area (Å²) in [5.41, 5.74) is 12.7. The van der Waals surface area contributed by atoms with Gasteiger partial charge in [0, 0.05) is 28.0 Å². The molecule has 1 heterocycles. The molecule has 2 heteroatoms. The van der Waals surface area contributed by atoms with Gasteiger partial charge >= 0.3 is 0 Å². The van der Waals surface area contributed by atoms with Crippen LogP contribution in [0.3, 0.4) is 0 Å². The first-order valence-corrected chi connectivity index (χ1v) is 19.2. The lowest BCUT2D eigenvalue weighted by molar-refractivity contribution is 0.487. The number of ether oxygens (including phenoxy) is 1. The number of hydrogen-bond donors (Lipinski definition) is 0. The maximum Gasteiger partial charge on any atom is 0.135 e. The summed E-state index contributed by atoms with van der Waals surface area (Å²) < 4.78 is 6.37. The third-order valence-corrected chi connectivity index (χ3v) is 11.2. The van der Waals surface area contributed by atoms with Gasteiger partial charge in [-0.1, -0.05) is 152 Å². The molecule has 0 aromatic heterocycles. The average Bonchev–Trinajstić information content (AvgIpc) is 3.26. The summed E-state index contributed by atoms with van der Waals surface area (Å²) in [4.78, 5) is 2.40. The number of rotatable bonds is 6. The Kier molecular flexibility index (Phi) is 7.53. The first-order chi connectivity index (χ1) is 27.7. The van der Waals surface area contributed by atoms with Gasteiger partial charge in [-0.2, -0.15) is 0 Å². The highest BCUT2D eigenvalue weighted by Crippen LogP contribution is 2.48. The maximum absolute atomic E-state index is 6.37.